The average molecular weight is 233 g/mol. The molecule has 0 aliphatic rings. The molecule has 1 rings (SSSR count). The summed E-state index contributed by atoms with van der Waals surface area (Å²) in [6.45, 7) is 0. The Bertz CT molecular complexity index is 426. The number of hydrogen-bond acceptors (Lipinski definition) is 4. The molecule has 0 radical (unpaired) electrons. The lowest BCUT2D eigenvalue weighted by atomic mass is 10.2. The summed E-state index contributed by atoms with van der Waals surface area (Å²) >= 11 is 0. The minimum absolute atomic E-state index is 0.115. The average Bonchev–Trinajstić information content (AvgIpc) is 2.37. The molecule has 0 heterocycles. The maximum atomic E-state index is 11.2. The minimum Gasteiger partial charge on any atom is -0.497 e. The van der Waals surface area contributed by atoms with E-state index in [-0.39, 0.29) is 12.3 Å². The van der Waals surface area contributed by atoms with Gasteiger partial charge in [0.2, 0.25) is 5.91 Å². The second kappa shape index (κ2) is 6.38. The Kier molecular flexibility index (Phi) is 4.82. The van der Waals surface area contributed by atoms with E-state index in [0.29, 0.717) is 5.75 Å². The van der Waals surface area contributed by atoms with E-state index in [9.17, 15) is 4.79 Å². The number of carbonyl (C=O) groups excluding carboxylic acids is 1. The molecule has 1 aromatic rings. The fourth-order valence-electron chi connectivity index (χ4n) is 1.33. The van der Waals surface area contributed by atoms with Crippen LogP contribution in [0.1, 0.15) is 6.42 Å². The SMILES string of the molecule is CNC(=O)CC(C#N)Nc1cccc(OC)c1. The van der Waals surface area contributed by atoms with Crippen LogP contribution >= 0.6 is 0 Å². The lowest BCUT2D eigenvalue weighted by molar-refractivity contribution is -0.120. The van der Waals surface area contributed by atoms with Crippen molar-refractivity contribution in [2.45, 2.75) is 12.5 Å². The Morgan fingerprint density at radius 2 is 2.35 bits per heavy atom. The number of hydrogen-bond donors (Lipinski definition) is 2. The van der Waals surface area contributed by atoms with E-state index in [2.05, 4.69) is 10.6 Å². The Labute approximate surface area is 100 Å². The molecule has 0 aliphatic heterocycles. The van der Waals surface area contributed by atoms with Gasteiger partial charge in [-0.3, -0.25) is 4.79 Å². The number of nitrogens with one attached hydrogen (secondary N) is 2. The van der Waals surface area contributed by atoms with Gasteiger partial charge in [-0.05, 0) is 12.1 Å². The van der Waals surface area contributed by atoms with Crippen molar-refractivity contribution in [2.24, 2.45) is 0 Å². The Hall–Kier alpha value is -2.22. The van der Waals surface area contributed by atoms with Crippen molar-refractivity contribution < 1.29 is 9.53 Å². The van der Waals surface area contributed by atoms with Gasteiger partial charge in [0.25, 0.3) is 0 Å². The molecule has 1 aromatic carbocycles. The number of carbonyl (C=O) groups is 1. The van der Waals surface area contributed by atoms with Gasteiger partial charge < -0.3 is 15.4 Å². The Morgan fingerprint density at radius 3 is 2.94 bits per heavy atom. The standard InChI is InChI=1S/C12H15N3O2/c1-14-12(16)7-10(8-13)15-9-4-3-5-11(6-9)17-2/h3-6,10,15H,7H2,1-2H3,(H,14,16). The molecule has 5 heteroatoms. The normalized spacial score (nSPS) is 11.1. The van der Waals surface area contributed by atoms with Gasteiger partial charge in [0.1, 0.15) is 11.8 Å². The van der Waals surface area contributed by atoms with E-state index < -0.39 is 6.04 Å². The number of methoxy groups -OCH3 is 1. The fourth-order valence-corrected chi connectivity index (χ4v) is 1.33. The van der Waals surface area contributed by atoms with Crippen molar-refractivity contribution in [3.63, 3.8) is 0 Å². The third-order valence-corrected chi connectivity index (χ3v) is 2.23. The first-order valence-electron chi connectivity index (χ1n) is 5.20. The molecule has 0 saturated heterocycles. The van der Waals surface area contributed by atoms with E-state index in [1.165, 1.54) is 0 Å². The molecule has 90 valence electrons. The topological polar surface area (TPSA) is 74.2 Å². The second-order valence-electron chi connectivity index (χ2n) is 3.44. The van der Waals surface area contributed by atoms with Crippen LogP contribution in [-0.2, 0) is 4.79 Å². The zero-order valence-electron chi connectivity index (χ0n) is 9.86. The predicted molar refractivity (Wildman–Crippen MR) is 64.7 cm³/mol. The first kappa shape index (κ1) is 12.8. The monoisotopic (exact) mass is 233 g/mol. The van der Waals surface area contributed by atoms with E-state index in [0.717, 1.165) is 5.69 Å². The van der Waals surface area contributed by atoms with Gasteiger partial charge in [-0.15, -0.1) is 0 Å². The van der Waals surface area contributed by atoms with Crippen LogP contribution in [-0.4, -0.2) is 26.1 Å². The summed E-state index contributed by atoms with van der Waals surface area (Å²) in [4.78, 5) is 11.2. The summed E-state index contributed by atoms with van der Waals surface area (Å²) in [6, 6.07) is 8.70. The van der Waals surface area contributed by atoms with Gasteiger partial charge in [-0.1, -0.05) is 6.07 Å². The predicted octanol–water partition coefficient (Wildman–Crippen LogP) is 1.14. The summed E-state index contributed by atoms with van der Waals surface area (Å²) in [7, 11) is 3.12. The third-order valence-electron chi connectivity index (χ3n) is 2.23. The maximum Gasteiger partial charge on any atom is 0.222 e. The highest BCUT2D eigenvalue weighted by atomic mass is 16.5. The van der Waals surface area contributed by atoms with Crippen LogP contribution in [0.3, 0.4) is 0 Å². The molecule has 0 spiro atoms. The largest absolute Gasteiger partial charge is 0.497 e. The number of amides is 1. The Morgan fingerprint density at radius 1 is 1.59 bits per heavy atom. The maximum absolute atomic E-state index is 11.2. The third kappa shape index (κ3) is 4.03. The number of anilines is 1. The molecule has 1 unspecified atom stereocenters. The summed E-state index contributed by atoms with van der Waals surface area (Å²) in [6.07, 6.45) is 0.115. The highest BCUT2D eigenvalue weighted by molar-refractivity contribution is 5.77. The number of nitriles is 1. The lowest BCUT2D eigenvalue weighted by Gasteiger charge is -2.12. The zero-order chi connectivity index (χ0) is 12.7. The molecular weight excluding hydrogens is 218 g/mol. The van der Waals surface area contributed by atoms with E-state index in [4.69, 9.17) is 10.00 Å². The second-order valence-corrected chi connectivity index (χ2v) is 3.44. The smallest absolute Gasteiger partial charge is 0.222 e. The van der Waals surface area contributed by atoms with Crippen molar-refractivity contribution in [3.8, 4) is 11.8 Å². The fraction of sp³-hybridized carbons (Fsp3) is 0.333. The van der Waals surface area contributed by atoms with Crippen LogP contribution in [0, 0.1) is 11.3 Å². The number of nitrogens with zero attached hydrogens (tertiary/aromatic N) is 1. The first-order chi connectivity index (χ1) is 8.19. The Balaban J connectivity index is 2.67. The summed E-state index contributed by atoms with van der Waals surface area (Å²) in [5, 5.41) is 14.4. The van der Waals surface area contributed by atoms with Crippen molar-refractivity contribution in [3.05, 3.63) is 24.3 Å². The minimum atomic E-state index is -0.554. The molecule has 0 bridgehead atoms. The van der Waals surface area contributed by atoms with Crippen LogP contribution in [0.15, 0.2) is 24.3 Å². The van der Waals surface area contributed by atoms with Gasteiger partial charge in [0.05, 0.1) is 19.6 Å². The molecule has 1 atom stereocenters. The van der Waals surface area contributed by atoms with Gasteiger partial charge in [0.15, 0.2) is 0 Å². The van der Waals surface area contributed by atoms with Gasteiger partial charge in [-0.25, -0.2) is 0 Å². The van der Waals surface area contributed by atoms with Crippen LogP contribution in [0.5, 0.6) is 5.75 Å². The zero-order valence-corrected chi connectivity index (χ0v) is 9.86. The lowest BCUT2D eigenvalue weighted by Crippen LogP contribution is -2.27. The molecule has 0 fully saturated rings. The van der Waals surface area contributed by atoms with E-state index in [1.54, 1.807) is 20.2 Å². The highest BCUT2D eigenvalue weighted by Crippen LogP contribution is 2.17. The van der Waals surface area contributed by atoms with Crippen LogP contribution in [0.2, 0.25) is 0 Å². The molecule has 0 aromatic heterocycles. The van der Waals surface area contributed by atoms with Crippen molar-refractivity contribution in [1.29, 1.82) is 5.26 Å². The van der Waals surface area contributed by atoms with Crippen LogP contribution < -0.4 is 15.4 Å². The van der Waals surface area contributed by atoms with Crippen molar-refractivity contribution in [1.82, 2.24) is 5.32 Å². The van der Waals surface area contributed by atoms with Gasteiger partial charge in [0, 0.05) is 18.8 Å². The molecular formula is C12H15N3O2. The quantitative estimate of drug-likeness (QED) is 0.799. The number of ether oxygens (including phenoxy) is 1. The van der Waals surface area contributed by atoms with Gasteiger partial charge >= 0.3 is 0 Å². The van der Waals surface area contributed by atoms with E-state index >= 15 is 0 Å². The molecule has 0 aliphatic carbocycles. The molecule has 17 heavy (non-hydrogen) atoms. The van der Waals surface area contributed by atoms with Crippen LogP contribution in [0.25, 0.3) is 0 Å². The summed E-state index contributed by atoms with van der Waals surface area (Å²) in [5.74, 6) is 0.526. The summed E-state index contributed by atoms with van der Waals surface area (Å²) < 4.78 is 5.07. The highest BCUT2D eigenvalue weighted by Gasteiger charge is 2.11. The molecule has 2 N–H and O–H groups in total. The molecule has 5 nitrogen and oxygen atoms in total. The first-order valence-corrected chi connectivity index (χ1v) is 5.20. The number of rotatable bonds is 5. The van der Waals surface area contributed by atoms with Crippen LogP contribution in [0.4, 0.5) is 5.69 Å². The van der Waals surface area contributed by atoms with Crippen molar-refractivity contribution >= 4 is 11.6 Å². The summed E-state index contributed by atoms with van der Waals surface area (Å²) in [5.41, 5.74) is 0.750. The van der Waals surface area contributed by atoms with Crippen molar-refractivity contribution in [2.75, 3.05) is 19.5 Å². The van der Waals surface area contributed by atoms with Gasteiger partial charge in [-0.2, -0.15) is 5.26 Å². The molecule has 1 amide bonds. The molecule has 0 saturated carbocycles. The number of benzene rings is 1. The van der Waals surface area contributed by atoms with E-state index in [1.807, 2.05) is 24.3 Å².